The number of nitrogens with zero attached hydrogens (tertiary/aromatic N) is 2. The zero-order chi connectivity index (χ0) is 14.0. The van der Waals surface area contributed by atoms with E-state index in [0.29, 0.717) is 16.6 Å². The van der Waals surface area contributed by atoms with Crippen LogP contribution in [0.15, 0.2) is 22.7 Å². The Morgan fingerprint density at radius 3 is 2.32 bits per heavy atom. The lowest BCUT2D eigenvalue weighted by molar-refractivity contribution is -0.137. The highest BCUT2D eigenvalue weighted by Crippen LogP contribution is 2.32. The predicted octanol–water partition coefficient (Wildman–Crippen LogP) is 3.22. The standard InChI is InChI=1S/C13H16BrF3N2/c1-18-2-4-19(5-3-18)9-10-6-11(13(15,16)17)8-12(14)7-10/h6-8H,2-5,9H2,1H3. The smallest absolute Gasteiger partial charge is 0.304 e. The van der Waals surface area contributed by atoms with Gasteiger partial charge in [0, 0.05) is 37.2 Å². The molecule has 1 aliphatic rings. The number of halogens is 4. The van der Waals surface area contributed by atoms with E-state index >= 15 is 0 Å². The third-order valence-corrected chi connectivity index (χ3v) is 3.74. The molecule has 0 aromatic heterocycles. The molecular weight excluding hydrogens is 321 g/mol. The maximum Gasteiger partial charge on any atom is 0.416 e. The summed E-state index contributed by atoms with van der Waals surface area (Å²) in [4.78, 5) is 4.40. The molecule has 0 bridgehead atoms. The summed E-state index contributed by atoms with van der Waals surface area (Å²) in [6, 6.07) is 4.12. The Morgan fingerprint density at radius 1 is 1.11 bits per heavy atom. The average Bonchev–Trinajstić information content (AvgIpc) is 2.30. The van der Waals surface area contributed by atoms with Gasteiger partial charge in [0.15, 0.2) is 0 Å². The van der Waals surface area contributed by atoms with Crippen LogP contribution in [0.25, 0.3) is 0 Å². The van der Waals surface area contributed by atoms with Crippen LogP contribution in [0.1, 0.15) is 11.1 Å². The van der Waals surface area contributed by atoms with E-state index in [4.69, 9.17) is 0 Å². The van der Waals surface area contributed by atoms with Crippen molar-refractivity contribution in [2.24, 2.45) is 0 Å². The second-order valence-corrected chi connectivity index (χ2v) is 5.84. The van der Waals surface area contributed by atoms with Crippen LogP contribution in [0.5, 0.6) is 0 Å². The summed E-state index contributed by atoms with van der Waals surface area (Å²) in [6.45, 7) is 4.27. The Morgan fingerprint density at radius 2 is 1.74 bits per heavy atom. The fourth-order valence-electron chi connectivity index (χ4n) is 2.17. The lowest BCUT2D eigenvalue weighted by atomic mass is 10.1. The van der Waals surface area contributed by atoms with Gasteiger partial charge in [0.05, 0.1) is 5.56 Å². The third kappa shape index (κ3) is 4.19. The molecule has 2 nitrogen and oxygen atoms in total. The van der Waals surface area contributed by atoms with E-state index in [-0.39, 0.29) is 0 Å². The van der Waals surface area contributed by atoms with Gasteiger partial charge in [-0.15, -0.1) is 0 Å². The van der Waals surface area contributed by atoms with Crippen LogP contribution >= 0.6 is 15.9 Å². The summed E-state index contributed by atoms with van der Waals surface area (Å²) in [5, 5.41) is 0. The van der Waals surface area contributed by atoms with E-state index in [0.717, 1.165) is 32.2 Å². The lowest BCUT2D eigenvalue weighted by Gasteiger charge is -2.32. The number of hydrogen-bond acceptors (Lipinski definition) is 2. The molecule has 1 aliphatic heterocycles. The first kappa shape index (κ1) is 14.8. The Hall–Kier alpha value is -0.590. The van der Waals surface area contributed by atoms with Crippen molar-refractivity contribution in [1.29, 1.82) is 0 Å². The monoisotopic (exact) mass is 336 g/mol. The average molecular weight is 337 g/mol. The fourth-order valence-corrected chi connectivity index (χ4v) is 2.71. The number of piperazine rings is 1. The minimum Gasteiger partial charge on any atom is -0.304 e. The van der Waals surface area contributed by atoms with E-state index in [1.165, 1.54) is 6.07 Å². The first-order valence-corrected chi connectivity index (χ1v) is 6.91. The highest BCUT2D eigenvalue weighted by molar-refractivity contribution is 9.10. The van der Waals surface area contributed by atoms with E-state index in [1.54, 1.807) is 6.07 Å². The van der Waals surface area contributed by atoms with Crippen molar-refractivity contribution in [3.8, 4) is 0 Å². The molecule has 0 spiro atoms. The molecule has 1 aromatic carbocycles. The van der Waals surface area contributed by atoms with Crippen molar-refractivity contribution < 1.29 is 13.2 Å². The molecule has 106 valence electrons. The van der Waals surface area contributed by atoms with Crippen molar-refractivity contribution >= 4 is 15.9 Å². The van der Waals surface area contributed by atoms with Crippen molar-refractivity contribution in [3.63, 3.8) is 0 Å². The summed E-state index contributed by atoms with van der Waals surface area (Å²) in [5.74, 6) is 0. The van der Waals surface area contributed by atoms with E-state index < -0.39 is 11.7 Å². The number of alkyl halides is 3. The van der Waals surface area contributed by atoms with Crippen LogP contribution in [-0.2, 0) is 12.7 Å². The van der Waals surface area contributed by atoms with Gasteiger partial charge in [-0.2, -0.15) is 13.2 Å². The molecule has 0 aliphatic carbocycles. The van der Waals surface area contributed by atoms with Crippen LogP contribution in [-0.4, -0.2) is 43.0 Å². The van der Waals surface area contributed by atoms with Crippen molar-refractivity contribution in [2.45, 2.75) is 12.7 Å². The van der Waals surface area contributed by atoms with E-state index in [1.807, 2.05) is 0 Å². The summed E-state index contributed by atoms with van der Waals surface area (Å²) in [7, 11) is 2.05. The Bertz CT molecular complexity index is 440. The summed E-state index contributed by atoms with van der Waals surface area (Å²) in [6.07, 6.45) is -4.29. The molecule has 1 saturated heterocycles. The van der Waals surface area contributed by atoms with Gasteiger partial charge in [-0.1, -0.05) is 15.9 Å². The Labute approximate surface area is 119 Å². The maximum absolute atomic E-state index is 12.7. The van der Waals surface area contributed by atoms with E-state index in [9.17, 15) is 13.2 Å². The molecule has 0 amide bonds. The molecule has 1 fully saturated rings. The maximum atomic E-state index is 12.7. The van der Waals surface area contributed by atoms with Crippen LogP contribution in [0.4, 0.5) is 13.2 Å². The molecule has 19 heavy (non-hydrogen) atoms. The SMILES string of the molecule is CN1CCN(Cc2cc(Br)cc(C(F)(F)F)c2)CC1. The first-order valence-electron chi connectivity index (χ1n) is 6.12. The zero-order valence-corrected chi connectivity index (χ0v) is 12.3. The van der Waals surface area contributed by atoms with Gasteiger partial charge in [0.25, 0.3) is 0 Å². The molecule has 2 rings (SSSR count). The van der Waals surface area contributed by atoms with Crippen LogP contribution < -0.4 is 0 Å². The minimum absolute atomic E-state index is 0.478. The van der Waals surface area contributed by atoms with Crippen LogP contribution in [0, 0.1) is 0 Å². The summed E-state index contributed by atoms with van der Waals surface area (Å²) < 4.78 is 38.7. The molecule has 0 unspecified atom stereocenters. The number of likely N-dealkylation sites (N-methyl/N-ethyl adjacent to an activating group) is 1. The normalized spacial score (nSPS) is 18.8. The van der Waals surface area contributed by atoms with Gasteiger partial charge >= 0.3 is 6.18 Å². The predicted molar refractivity (Wildman–Crippen MR) is 71.9 cm³/mol. The zero-order valence-electron chi connectivity index (χ0n) is 10.7. The van der Waals surface area contributed by atoms with E-state index in [2.05, 4.69) is 32.8 Å². The number of benzene rings is 1. The molecule has 1 heterocycles. The number of hydrogen-bond donors (Lipinski definition) is 0. The quantitative estimate of drug-likeness (QED) is 0.818. The third-order valence-electron chi connectivity index (χ3n) is 3.29. The summed E-state index contributed by atoms with van der Waals surface area (Å²) in [5.41, 5.74) is 0.109. The van der Waals surface area contributed by atoms with Gasteiger partial charge in [-0.05, 0) is 30.8 Å². The first-order chi connectivity index (χ1) is 8.84. The Kier molecular flexibility index (Phi) is 4.53. The van der Waals surface area contributed by atoms with Crippen LogP contribution in [0.3, 0.4) is 0 Å². The molecule has 0 radical (unpaired) electrons. The largest absolute Gasteiger partial charge is 0.416 e. The minimum atomic E-state index is -4.29. The Balaban J connectivity index is 2.10. The topological polar surface area (TPSA) is 6.48 Å². The second kappa shape index (κ2) is 5.81. The molecule has 0 N–H and O–H groups in total. The lowest BCUT2D eigenvalue weighted by Crippen LogP contribution is -2.43. The number of rotatable bonds is 2. The second-order valence-electron chi connectivity index (χ2n) is 4.93. The fraction of sp³-hybridized carbons (Fsp3) is 0.538. The van der Waals surface area contributed by atoms with Gasteiger partial charge in [-0.3, -0.25) is 4.90 Å². The van der Waals surface area contributed by atoms with Gasteiger partial charge in [0.1, 0.15) is 0 Å². The molecule has 0 saturated carbocycles. The van der Waals surface area contributed by atoms with Crippen molar-refractivity contribution in [2.75, 3.05) is 33.2 Å². The van der Waals surface area contributed by atoms with Gasteiger partial charge in [-0.25, -0.2) is 0 Å². The van der Waals surface area contributed by atoms with Gasteiger partial charge in [0.2, 0.25) is 0 Å². The molecule has 6 heteroatoms. The van der Waals surface area contributed by atoms with Crippen LogP contribution in [0.2, 0.25) is 0 Å². The van der Waals surface area contributed by atoms with Crippen molar-refractivity contribution in [3.05, 3.63) is 33.8 Å². The van der Waals surface area contributed by atoms with Gasteiger partial charge < -0.3 is 4.90 Å². The van der Waals surface area contributed by atoms with Crippen molar-refractivity contribution in [1.82, 2.24) is 9.80 Å². The highest BCUT2D eigenvalue weighted by Gasteiger charge is 2.31. The molecule has 0 atom stereocenters. The molecular formula is C13H16BrF3N2. The highest BCUT2D eigenvalue weighted by atomic mass is 79.9. The molecule has 1 aromatic rings. The summed E-state index contributed by atoms with van der Waals surface area (Å²) >= 11 is 3.15.